The van der Waals surface area contributed by atoms with Crippen LogP contribution in [0, 0.1) is 0 Å². The molecule has 2 amide bonds. The minimum absolute atomic E-state index is 0.193. The Morgan fingerprint density at radius 3 is 2.49 bits per heavy atom. The number of methoxy groups -OCH3 is 1. The lowest BCUT2D eigenvalue weighted by atomic mass is 9.95. The smallest absolute Gasteiger partial charge is 0.338 e. The highest BCUT2D eigenvalue weighted by Gasteiger charge is 2.32. The van der Waals surface area contributed by atoms with Gasteiger partial charge in [0, 0.05) is 16.3 Å². The minimum atomic E-state index is -1.23. The van der Waals surface area contributed by atoms with E-state index in [0.29, 0.717) is 62.3 Å². The van der Waals surface area contributed by atoms with Gasteiger partial charge in [-0.2, -0.15) is 5.10 Å². The number of aliphatic hydroxyl groups excluding tert-OH is 1. The van der Waals surface area contributed by atoms with Gasteiger partial charge in [0.1, 0.15) is 19.0 Å². The number of carbonyl (C=O) groups excluding carboxylic acids is 3. The second kappa shape index (κ2) is 17.6. The van der Waals surface area contributed by atoms with Gasteiger partial charge < -0.3 is 39.4 Å². The van der Waals surface area contributed by atoms with Crippen molar-refractivity contribution in [1.82, 2.24) is 16.1 Å². The number of nitrogens with one attached hydrogen (secondary N) is 3. The number of hydrazone groups is 1. The summed E-state index contributed by atoms with van der Waals surface area (Å²) in [4.78, 5) is 36.6. The van der Waals surface area contributed by atoms with Gasteiger partial charge in [-0.3, -0.25) is 5.43 Å². The summed E-state index contributed by atoms with van der Waals surface area (Å²) >= 11 is 9.75. The molecule has 0 aromatic heterocycles. The number of carbonyl (C=O) groups is 3. The molecule has 13 nitrogen and oxygen atoms in total. The van der Waals surface area contributed by atoms with Gasteiger partial charge in [-0.15, -0.1) is 0 Å². The van der Waals surface area contributed by atoms with Crippen LogP contribution < -0.4 is 30.3 Å². The Kier molecular flexibility index (Phi) is 13.3. The molecule has 0 saturated heterocycles. The van der Waals surface area contributed by atoms with Gasteiger partial charge in [-0.1, -0.05) is 29.8 Å². The third kappa shape index (κ3) is 9.87. The van der Waals surface area contributed by atoms with Gasteiger partial charge in [0.25, 0.3) is 0 Å². The molecule has 0 spiro atoms. The van der Waals surface area contributed by atoms with E-state index in [0.717, 1.165) is 5.56 Å². The molecule has 3 aromatic rings. The summed E-state index contributed by atoms with van der Waals surface area (Å²) in [6.45, 7) is 5.74. The summed E-state index contributed by atoms with van der Waals surface area (Å²) in [5.74, 6) is 0.136. The number of hydrogen-bond donors (Lipinski definition) is 4. The maximum atomic E-state index is 12.5. The van der Waals surface area contributed by atoms with E-state index in [1.54, 1.807) is 75.4 Å². The fourth-order valence-corrected chi connectivity index (χ4v) is 5.70. The van der Waals surface area contributed by atoms with Crippen LogP contribution in [0.1, 0.15) is 53.9 Å². The lowest BCUT2D eigenvalue weighted by molar-refractivity contribution is -0.136. The zero-order valence-electron chi connectivity index (χ0n) is 27.2. The molecule has 260 valence electrons. The molecule has 0 bridgehead atoms. The summed E-state index contributed by atoms with van der Waals surface area (Å²) in [5, 5.41) is 20.5. The van der Waals surface area contributed by atoms with Crippen LogP contribution in [0.25, 0.3) is 0 Å². The maximum absolute atomic E-state index is 12.5. The largest absolute Gasteiger partial charge is 0.490 e. The normalized spacial score (nSPS) is 14.8. The zero-order chi connectivity index (χ0) is 35.5. The number of benzene rings is 3. The minimum Gasteiger partial charge on any atom is -0.490 e. The highest BCUT2D eigenvalue weighted by atomic mass is 79.9. The van der Waals surface area contributed by atoms with Crippen LogP contribution in [0.4, 0.5) is 4.79 Å². The van der Waals surface area contributed by atoms with E-state index < -0.39 is 30.2 Å². The standard InChI is InChI=1S/C34H36BrClN4O9/c1-5-46-27-14-22(30-29(33(43)45-4)19(3)38-34(44)39-30)11-12-26(27)48-18-28(41)40-37-16-23-13-24(36)15-25(35)31(23)49-17-20-7-9-21(10-8-20)32(42)47-6-2/h7-16,28,30,40-41H,5-6,17-18H2,1-4H3,(H2,38,39,44)/b37-16+/t28-,30+/m1/s1. The Labute approximate surface area is 296 Å². The number of halogens is 2. The number of allylic oxidation sites excluding steroid dienone is 1. The van der Waals surface area contributed by atoms with Crippen molar-refractivity contribution in [3.05, 3.63) is 97.6 Å². The highest BCUT2D eigenvalue weighted by molar-refractivity contribution is 9.10. The van der Waals surface area contributed by atoms with Gasteiger partial charge in [0.05, 0.1) is 48.2 Å². The average Bonchev–Trinajstić information content (AvgIpc) is 3.07. The molecular formula is C34H36BrClN4O9. The average molecular weight is 760 g/mol. The summed E-state index contributed by atoms with van der Waals surface area (Å²) in [6, 6.07) is 13.9. The van der Waals surface area contributed by atoms with Crippen molar-refractivity contribution in [1.29, 1.82) is 0 Å². The van der Waals surface area contributed by atoms with Crippen molar-refractivity contribution in [2.45, 2.75) is 39.6 Å². The fourth-order valence-electron chi connectivity index (χ4n) is 4.75. The van der Waals surface area contributed by atoms with Crippen LogP contribution >= 0.6 is 27.5 Å². The third-order valence-electron chi connectivity index (χ3n) is 6.98. The van der Waals surface area contributed by atoms with Gasteiger partial charge in [0.2, 0.25) is 0 Å². The molecule has 0 fully saturated rings. The van der Waals surface area contributed by atoms with E-state index in [9.17, 15) is 19.5 Å². The Balaban J connectivity index is 1.40. The molecule has 0 saturated carbocycles. The molecule has 15 heteroatoms. The molecule has 0 aliphatic carbocycles. The second-order valence-electron chi connectivity index (χ2n) is 10.4. The number of rotatable bonds is 15. The molecule has 1 aliphatic heterocycles. The number of ether oxygens (including phenoxy) is 5. The monoisotopic (exact) mass is 758 g/mol. The SMILES string of the molecule is CCOC(=O)c1ccc(COc2c(Br)cc(Cl)cc2/C=N/N[C@H](O)COc2ccc([C@@H]3NC(=O)NC(C)=C3C(=O)OC)cc2OCC)cc1. The molecule has 4 rings (SSSR count). The van der Waals surface area contributed by atoms with E-state index in [2.05, 4.69) is 37.1 Å². The van der Waals surface area contributed by atoms with Gasteiger partial charge in [-0.05, 0) is 84.2 Å². The van der Waals surface area contributed by atoms with E-state index in [1.807, 2.05) is 0 Å². The van der Waals surface area contributed by atoms with Crippen LogP contribution in [0.3, 0.4) is 0 Å². The van der Waals surface area contributed by atoms with Crippen molar-refractivity contribution < 1.29 is 43.2 Å². The number of nitrogens with zero attached hydrogens (tertiary/aromatic N) is 1. The number of hydrogen-bond acceptors (Lipinski definition) is 11. The molecule has 2 atom stereocenters. The van der Waals surface area contributed by atoms with Crippen LogP contribution in [-0.4, -0.2) is 62.4 Å². The first-order chi connectivity index (χ1) is 23.5. The second-order valence-corrected chi connectivity index (χ2v) is 11.7. The van der Waals surface area contributed by atoms with E-state index >= 15 is 0 Å². The summed E-state index contributed by atoms with van der Waals surface area (Å²) in [7, 11) is 1.26. The predicted molar refractivity (Wildman–Crippen MR) is 185 cm³/mol. The van der Waals surface area contributed by atoms with Crippen LogP contribution in [0.5, 0.6) is 17.2 Å². The van der Waals surface area contributed by atoms with Crippen LogP contribution in [0.2, 0.25) is 5.02 Å². The number of esters is 2. The van der Waals surface area contributed by atoms with E-state index in [4.69, 9.17) is 35.3 Å². The number of aliphatic hydroxyl groups is 1. The summed E-state index contributed by atoms with van der Waals surface area (Å²) < 4.78 is 28.2. The van der Waals surface area contributed by atoms with Crippen molar-refractivity contribution in [3.63, 3.8) is 0 Å². The molecular weight excluding hydrogens is 724 g/mol. The first-order valence-electron chi connectivity index (χ1n) is 15.1. The Morgan fingerprint density at radius 2 is 1.80 bits per heavy atom. The first kappa shape index (κ1) is 37.0. The van der Waals surface area contributed by atoms with Crippen molar-refractivity contribution in [2.24, 2.45) is 5.10 Å². The molecule has 3 aromatic carbocycles. The van der Waals surface area contributed by atoms with Crippen molar-refractivity contribution in [3.8, 4) is 17.2 Å². The quantitative estimate of drug-likeness (QED) is 0.0685. The van der Waals surface area contributed by atoms with Crippen LogP contribution in [0.15, 0.2) is 75.4 Å². The fraction of sp³-hybridized carbons (Fsp3) is 0.294. The van der Waals surface area contributed by atoms with Crippen LogP contribution in [-0.2, 0) is 20.9 Å². The Hall–Kier alpha value is -4.79. The molecule has 0 unspecified atom stereocenters. The summed E-state index contributed by atoms with van der Waals surface area (Å²) in [6.07, 6.45) is 0.219. The van der Waals surface area contributed by atoms with E-state index in [-0.39, 0.29) is 18.8 Å². The first-order valence-corrected chi connectivity index (χ1v) is 16.3. The molecule has 1 heterocycles. The molecule has 0 radical (unpaired) electrons. The lowest BCUT2D eigenvalue weighted by Gasteiger charge is -2.28. The molecule has 1 aliphatic rings. The van der Waals surface area contributed by atoms with Gasteiger partial charge in [0.15, 0.2) is 17.7 Å². The van der Waals surface area contributed by atoms with E-state index in [1.165, 1.54) is 13.3 Å². The van der Waals surface area contributed by atoms with Crippen molar-refractivity contribution in [2.75, 3.05) is 26.9 Å². The number of urea groups is 1. The molecule has 4 N–H and O–H groups in total. The zero-order valence-corrected chi connectivity index (χ0v) is 29.5. The van der Waals surface area contributed by atoms with Gasteiger partial charge >= 0.3 is 18.0 Å². The van der Waals surface area contributed by atoms with Gasteiger partial charge in [-0.25, -0.2) is 14.4 Å². The topological polar surface area (TPSA) is 166 Å². The highest BCUT2D eigenvalue weighted by Crippen LogP contribution is 2.35. The summed E-state index contributed by atoms with van der Waals surface area (Å²) in [5.41, 5.74) is 5.58. The Morgan fingerprint density at radius 1 is 1.04 bits per heavy atom. The molecule has 49 heavy (non-hydrogen) atoms. The predicted octanol–water partition coefficient (Wildman–Crippen LogP) is 5.38. The Bertz CT molecular complexity index is 1730. The lowest BCUT2D eigenvalue weighted by Crippen LogP contribution is -2.45. The maximum Gasteiger partial charge on any atom is 0.338 e. The third-order valence-corrected chi connectivity index (χ3v) is 7.79. The van der Waals surface area contributed by atoms with Crippen molar-refractivity contribution >= 4 is 51.7 Å². The number of amides is 2.